The molecule has 0 bridgehead atoms. The summed E-state index contributed by atoms with van der Waals surface area (Å²) >= 11 is 0. The molecule has 0 aliphatic carbocycles. The van der Waals surface area contributed by atoms with E-state index in [1.165, 1.54) is 12.1 Å². The predicted octanol–water partition coefficient (Wildman–Crippen LogP) is 5.86. The van der Waals surface area contributed by atoms with Crippen LogP contribution in [-0.2, 0) is 22.6 Å². The summed E-state index contributed by atoms with van der Waals surface area (Å²) in [4.78, 5) is 42.7. The van der Waals surface area contributed by atoms with Crippen molar-refractivity contribution in [3.8, 4) is 0 Å². The first-order chi connectivity index (χ1) is 21.6. The molecule has 45 heavy (non-hydrogen) atoms. The molecular weight excluding hydrogens is 577 g/mol. The molecule has 0 saturated carbocycles. The summed E-state index contributed by atoms with van der Waals surface area (Å²) < 4.78 is 24.1. The Balaban J connectivity index is 1.38. The van der Waals surface area contributed by atoms with Crippen molar-refractivity contribution in [1.29, 1.82) is 0 Å². The molecule has 3 aromatic carbocycles. The standard InChI is InChI=1S/C34H42FN5O5/c1-34(2,3)45-33(43)38-30-8-5-4-7-29(30)37-31(41)27-13-9-26(10-14-27)24-40(18-6-17-39-19-21-44-22-20-39)32(42)36-23-25-11-15-28(35)16-12-25/h4-5,7-16H,6,17-24H2,1-3H3,(H,36,42)(H,37,41)(H,38,43). The minimum absolute atomic E-state index is 0.225. The molecule has 1 saturated heterocycles. The third-order valence-corrected chi connectivity index (χ3v) is 7.05. The molecule has 10 nitrogen and oxygen atoms in total. The van der Waals surface area contributed by atoms with Crippen LogP contribution in [0, 0.1) is 5.82 Å². The van der Waals surface area contributed by atoms with Crippen LogP contribution >= 0.6 is 0 Å². The van der Waals surface area contributed by atoms with Gasteiger partial charge >= 0.3 is 12.1 Å². The topological polar surface area (TPSA) is 112 Å². The van der Waals surface area contributed by atoms with Crippen LogP contribution in [0.5, 0.6) is 0 Å². The summed E-state index contributed by atoms with van der Waals surface area (Å²) in [5.74, 6) is -0.673. The van der Waals surface area contributed by atoms with Crippen molar-refractivity contribution in [3.05, 3.63) is 95.3 Å². The highest BCUT2D eigenvalue weighted by Gasteiger charge is 2.19. The van der Waals surface area contributed by atoms with Crippen LogP contribution in [0.3, 0.4) is 0 Å². The van der Waals surface area contributed by atoms with E-state index in [1.807, 2.05) is 12.1 Å². The van der Waals surface area contributed by atoms with Crippen LogP contribution in [0.25, 0.3) is 0 Å². The lowest BCUT2D eigenvalue weighted by Gasteiger charge is -2.28. The summed E-state index contributed by atoms with van der Waals surface area (Å²) in [6, 6.07) is 19.7. The number of morpholine rings is 1. The number of amides is 4. The van der Waals surface area contributed by atoms with Crippen molar-refractivity contribution in [2.24, 2.45) is 0 Å². The van der Waals surface area contributed by atoms with Gasteiger partial charge < -0.3 is 25.0 Å². The summed E-state index contributed by atoms with van der Waals surface area (Å²) in [6.45, 7) is 10.5. The maximum absolute atomic E-state index is 13.3. The molecule has 240 valence electrons. The van der Waals surface area contributed by atoms with Crippen molar-refractivity contribution in [3.63, 3.8) is 0 Å². The minimum atomic E-state index is -0.661. The fourth-order valence-corrected chi connectivity index (χ4v) is 4.75. The quantitative estimate of drug-likeness (QED) is 0.248. The zero-order valence-electron chi connectivity index (χ0n) is 26.1. The number of para-hydroxylation sites is 2. The molecule has 11 heteroatoms. The molecule has 0 aromatic heterocycles. The molecule has 1 aliphatic rings. The van der Waals surface area contributed by atoms with Crippen LogP contribution in [0.15, 0.2) is 72.8 Å². The van der Waals surface area contributed by atoms with Crippen LogP contribution in [-0.4, -0.2) is 72.8 Å². The van der Waals surface area contributed by atoms with Gasteiger partial charge in [0.1, 0.15) is 11.4 Å². The smallest absolute Gasteiger partial charge is 0.412 e. The van der Waals surface area contributed by atoms with Gasteiger partial charge in [0.2, 0.25) is 0 Å². The minimum Gasteiger partial charge on any atom is -0.444 e. The summed E-state index contributed by atoms with van der Waals surface area (Å²) in [6.07, 6.45) is 0.172. The molecule has 0 atom stereocenters. The lowest BCUT2D eigenvalue weighted by molar-refractivity contribution is 0.0364. The first kappa shape index (κ1) is 33.4. The molecular formula is C34H42FN5O5. The van der Waals surface area contributed by atoms with Gasteiger partial charge in [0.25, 0.3) is 5.91 Å². The fraction of sp³-hybridized carbons (Fsp3) is 0.382. The van der Waals surface area contributed by atoms with Crippen molar-refractivity contribution in [1.82, 2.24) is 15.1 Å². The molecule has 1 heterocycles. The molecule has 0 unspecified atom stereocenters. The van der Waals surface area contributed by atoms with E-state index < -0.39 is 11.7 Å². The molecule has 0 radical (unpaired) electrons. The molecule has 4 rings (SSSR count). The maximum atomic E-state index is 13.3. The van der Waals surface area contributed by atoms with Gasteiger partial charge in [-0.3, -0.25) is 15.0 Å². The first-order valence-corrected chi connectivity index (χ1v) is 15.1. The van der Waals surface area contributed by atoms with Crippen molar-refractivity contribution < 1.29 is 28.2 Å². The number of nitrogens with zero attached hydrogens (tertiary/aromatic N) is 2. The second-order valence-electron chi connectivity index (χ2n) is 11.8. The summed E-state index contributed by atoms with van der Waals surface area (Å²) in [5, 5.41) is 8.47. The van der Waals surface area contributed by atoms with Gasteiger partial charge in [-0.2, -0.15) is 0 Å². The van der Waals surface area contributed by atoms with Gasteiger partial charge in [-0.25, -0.2) is 14.0 Å². The Morgan fingerprint density at radius 3 is 2.16 bits per heavy atom. The van der Waals surface area contributed by atoms with E-state index in [1.54, 1.807) is 74.2 Å². The molecule has 1 fully saturated rings. The molecule has 0 spiro atoms. The van der Waals surface area contributed by atoms with Gasteiger partial charge in [0, 0.05) is 44.8 Å². The van der Waals surface area contributed by atoms with E-state index in [2.05, 4.69) is 20.9 Å². The number of ether oxygens (including phenoxy) is 2. The Labute approximate surface area is 263 Å². The largest absolute Gasteiger partial charge is 0.444 e. The average molecular weight is 620 g/mol. The number of rotatable bonds is 11. The molecule has 3 N–H and O–H groups in total. The van der Waals surface area contributed by atoms with E-state index in [4.69, 9.17) is 9.47 Å². The Morgan fingerprint density at radius 1 is 0.889 bits per heavy atom. The van der Waals surface area contributed by atoms with Crippen LogP contribution in [0.2, 0.25) is 0 Å². The van der Waals surface area contributed by atoms with Crippen molar-refractivity contribution in [2.75, 3.05) is 50.0 Å². The Kier molecular flexibility index (Phi) is 11.9. The van der Waals surface area contributed by atoms with E-state index in [-0.39, 0.29) is 24.3 Å². The molecule has 3 aromatic rings. The highest BCUT2D eigenvalue weighted by Crippen LogP contribution is 2.23. The predicted molar refractivity (Wildman–Crippen MR) is 172 cm³/mol. The van der Waals surface area contributed by atoms with E-state index in [9.17, 15) is 18.8 Å². The monoisotopic (exact) mass is 619 g/mol. The van der Waals surface area contributed by atoms with Gasteiger partial charge in [0.15, 0.2) is 0 Å². The van der Waals surface area contributed by atoms with Crippen LogP contribution < -0.4 is 16.0 Å². The third-order valence-electron chi connectivity index (χ3n) is 7.05. The highest BCUT2D eigenvalue weighted by molar-refractivity contribution is 6.06. The van der Waals surface area contributed by atoms with Gasteiger partial charge in [0.05, 0.1) is 24.6 Å². The Hall–Kier alpha value is -4.48. The van der Waals surface area contributed by atoms with E-state index in [0.717, 1.165) is 37.2 Å². The van der Waals surface area contributed by atoms with Crippen LogP contribution in [0.4, 0.5) is 25.4 Å². The number of hydrogen-bond donors (Lipinski definition) is 3. The van der Waals surface area contributed by atoms with Gasteiger partial charge in [-0.05, 0) is 74.7 Å². The highest BCUT2D eigenvalue weighted by atomic mass is 19.1. The number of nitrogens with one attached hydrogen (secondary N) is 3. The number of halogens is 1. The number of urea groups is 1. The number of carbonyl (C=O) groups is 3. The SMILES string of the molecule is CC(C)(C)OC(=O)Nc1ccccc1NC(=O)c1ccc(CN(CCCN2CCOCC2)C(=O)NCc2ccc(F)cc2)cc1. The van der Waals surface area contributed by atoms with E-state index in [0.29, 0.717) is 43.2 Å². The number of benzene rings is 3. The number of anilines is 2. The second kappa shape index (κ2) is 16.0. The van der Waals surface area contributed by atoms with Crippen molar-refractivity contribution >= 4 is 29.4 Å². The maximum Gasteiger partial charge on any atom is 0.412 e. The van der Waals surface area contributed by atoms with Crippen LogP contribution in [0.1, 0.15) is 48.7 Å². The Morgan fingerprint density at radius 2 is 1.51 bits per heavy atom. The fourth-order valence-electron chi connectivity index (χ4n) is 4.75. The van der Waals surface area contributed by atoms with Gasteiger partial charge in [-0.1, -0.05) is 36.4 Å². The Bertz CT molecular complexity index is 1420. The third kappa shape index (κ3) is 11.2. The van der Waals surface area contributed by atoms with E-state index >= 15 is 0 Å². The lowest BCUT2D eigenvalue weighted by atomic mass is 10.1. The lowest BCUT2D eigenvalue weighted by Crippen LogP contribution is -2.42. The first-order valence-electron chi connectivity index (χ1n) is 15.1. The summed E-state index contributed by atoms with van der Waals surface area (Å²) in [7, 11) is 0. The summed E-state index contributed by atoms with van der Waals surface area (Å²) in [5.41, 5.74) is 2.27. The number of hydrogen-bond acceptors (Lipinski definition) is 6. The zero-order valence-corrected chi connectivity index (χ0v) is 26.1. The average Bonchev–Trinajstić information content (AvgIpc) is 3.01. The normalized spacial score (nSPS) is 13.5. The second-order valence-corrected chi connectivity index (χ2v) is 11.8. The molecule has 4 amide bonds. The van der Waals surface area contributed by atoms with Gasteiger partial charge in [-0.15, -0.1) is 0 Å². The molecule has 1 aliphatic heterocycles. The number of carbonyl (C=O) groups excluding carboxylic acids is 3. The zero-order chi connectivity index (χ0) is 32.2. The van der Waals surface area contributed by atoms with Crippen molar-refractivity contribution in [2.45, 2.75) is 45.9 Å².